The summed E-state index contributed by atoms with van der Waals surface area (Å²) in [4.78, 5) is 11.7. The molecule has 19 heavy (non-hydrogen) atoms. The zero-order chi connectivity index (χ0) is 14.3. The van der Waals surface area contributed by atoms with E-state index in [1.165, 1.54) is 0 Å². The average Bonchev–Trinajstić information content (AvgIpc) is 2.37. The van der Waals surface area contributed by atoms with Crippen LogP contribution in [0.1, 0.15) is 16.8 Å². The minimum Gasteiger partial charge on any atom is -0.497 e. The van der Waals surface area contributed by atoms with E-state index in [4.69, 9.17) is 9.47 Å². The maximum Gasteiger partial charge on any atom is 0.338 e. The van der Waals surface area contributed by atoms with E-state index in [0.29, 0.717) is 18.6 Å². The van der Waals surface area contributed by atoms with Crippen LogP contribution in [0, 0.1) is 11.5 Å². The molecule has 0 unspecified atom stereocenters. The molecule has 4 heteroatoms. The summed E-state index contributed by atoms with van der Waals surface area (Å²) in [7, 11) is 0.263. The van der Waals surface area contributed by atoms with Crippen LogP contribution in [0.2, 0.25) is 19.6 Å². The summed E-state index contributed by atoms with van der Waals surface area (Å²) in [5, 5.41) is 0. The van der Waals surface area contributed by atoms with Gasteiger partial charge in [-0.3, -0.25) is 0 Å². The van der Waals surface area contributed by atoms with Crippen LogP contribution in [0.5, 0.6) is 5.75 Å². The molecular formula is C15H20O3Si. The molecule has 0 atom stereocenters. The Morgan fingerprint density at radius 2 is 1.84 bits per heavy atom. The Balaban J connectivity index is 2.40. The number of carbonyl (C=O) groups is 1. The van der Waals surface area contributed by atoms with Crippen molar-refractivity contribution in [2.75, 3.05) is 13.7 Å². The molecule has 1 aromatic rings. The second kappa shape index (κ2) is 7.00. The van der Waals surface area contributed by atoms with E-state index in [0.717, 1.165) is 5.75 Å². The van der Waals surface area contributed by atoms with Crippen LogP contribution in [0.15, 0.2) is 24.3 Å². The third-order valence-corrected chi connectivity index (χ3v) is 3.18. The van der Waals surface area contributed by atoms with Gasteiger partial charge in [-0.05, 0) is 24.3 Å². The van der Waals surface area contributed by atoms with Gasteiger partial charge in [0.1, 0.15) is 20.4 Å². The molecule has 3 nitrogen and oxygen atoms in total. The first-order valence-electron chi connectivity index (χ1n) is 6.23. The van der Waals surface area contributed by atoms with Gasteiger partial charge in [-0.15, -0.1) is 11.5 Å². The number of hydrogen-bond acceptors (Lipinski definition) is 3. The van der Waals surface area contributed by atoms with Crippen molar-refractivity contribution < 1.29 is 14.3 Å². The molecule has 1 rings (SSSR count). The molecule has 1 aromatic carbocycles. The van der Waals surface area contributed by atoms with Crippen LogP contribution in [0.25, 0.3) is 0 Å². The number of esters is 1. The van der Waals surface area contributed by atoms with E-state index >= 15 is 0 Å². The minimum atomic E-state index is -1.32. The quantitative estimate of drug-likeness (QED) is 0.367. The van der Waals surface area contributed by atoms with Crippen LogP contribution < -0.4 is 4.74 Å². The highest BCUT2D eigenvalue weighted by atomic mass is 28.3. The zero-order valence-corrected chi connectivity index (χ0v) is 12.9. The van der Waals surface area contributed by atoms with Crippen molar-refractivity contribution in [3.63, 3.8) is 0 Å². The number of rotatable bonds is 4. The molecule has 0 aromatic heterocycles. The predicted molar refractivity (Wildman–Crippen MR) is 79.0 cm³/mol. The molecule has 0 aliphatic rings. The minimum absolute atomic E-state index is 0.322. The Hall–Kier alpha value is -1.73. The molecule has 0 heterocycles. The molecule has 0 aliphatic carbocycles. The first kappa shape index (κ1) is 15.3. The van der Waals surface area contributed by atoms with Crippen LogP contribution in [0.4, 0.5) is 0 Å². The van der Waals surface area contributed by atoms with E-state index in [2.05, 4.69) is 31.1 Å². The maximum absolute atomic E-state index is 11.7. The van der Waals surface area contributed by atoms with Gasteiger partial charge >= 0.3 is 5.97 Å². The Bertz CT molecular complexity index is 475. The van der Waals surface area contributed by atoms with Crippen molar-refractivity contribution in [2.24, 2.45) is 0 Å². The van der Waals surface area contributed by atoms with Crippen molar-refractivity contribution in [3.8, 4) is 17.2 Å². The van der Waals surface area contributed by atoms with Gasteiger partial charge in [0.15, 0.2) is 0 Å². The largest absolute Gasteiger partial charge is 0.497 e. The van der Waals surface area contributed by atoms with E-state index in [-0.39, 0.29) is 5.97 Å². The summed E-state index contributed by atoms with van der Waals surface area (Å²) >= 11 is 0. The number of methoxy groups -OCH3 is 1. The Morgan fingerprint density at radius 3 is 2.37 bits per heavy atom. The van der Waals surface area contributed by atoms with E-state index in [1.807, 2.05) is 0 Å². The van der Waals surface area contributed by atoms with Gasteiger partial charge in [0.2, 0.25) is 0 Å². The topological polar surface area (TPSA) is 35.5 Å². The molecule has 0 N–H and O–H groups in total. The third-order valence-electron chi connectivity index (χ3n) is 2.25. The lowest BCUT2D eigenvalue weighted by Gasteiger charge is -2.05. The molecule has 0 radical (unpaired) electrons. The fourth-order valence-electron chi connectivity index (χ4n) is 1.33. The van der Waals surface area contributed by atoms with Gasteiger partial charge < -0.3 is 9.47 Å². The lowest BCUT2D eigenvalue weighted by atomic mass is 10.2. The predicted octanol–water partition coefficient (Wildman–Crippen LogP) is 3.12. The number of hydrogen-bond donors (Lipinski definition) is 0. The Kier molecular flexibility index (Phi) is 5.65. The second-order valence-corrected chi connectivity index (χ2v) is 9.92. The van der Waals surface area contributed by atoms with E-state index < -0.39 is 8.07 Å². The lowest BCUT2D eigenvalue weighted by Crippen LogP contribution is -2.16. The van der Waals surface area contributed by atoms with Crippen molar-refractivity contribution in [1.29, 1.82) is 0 Å². The SMILES string of the molecule is COc1ccc(C(=O)OCCC#C[Si](C)(C)C)cc1. The first-order valence-corrected chi connectivity index (χ1v) is 9.73. The molecule has 0 saturated heterocycles. The first-order chi connectivity index (χ1) is 8.92. The highest BCUT2D eigenvalue weighted by Crippen LogP contribution is 2.12. The number of ether oxygens (including phenoxy) is 2. The molecule has 0 saturated carbocycles. The molecule has 0 aliphatic heterocycles. The van der Waals surface area contributed by atoms with Crippen LogP contribution in [-0.4, -0.2) is 27.8 Å². The standard InChI is InChI=1S/C15H20O3Si/c1-17-14-9-7-13(8-10-14)15(16)18-11-5-6-12-19(2,3)4/h7-10H,5,11H2,1-4H3. The summed E-state index contributed by atoms with van der Waals surface area (Å²) in [6.45, 7) is 6.89. The van der Waals surface area contributed by atoms with Gasteiger partial charge in [-0.25, -0.2) is 4.79 Å². The van der Waals surface area contributed by atoms with Crippen LogP contribution in [0.3, 0.4) is 0 Å². The van der Waals surface area contributed by atoms with Gasteiger partial charge in [0.25, 0.3) is 0 Å². The van der Waals surface area contributed by atoms with E-state index in [9.17, 15) is 4.79 Å². The second-order valence-electron chi connectivity index (χ2n) is 5.17. The molecule has 102 valence electrons. The van der Waals surface area contributed by atoms with Crippen molar-refractivity contribution in [2.45, 2.75) is 26.1 Å². The van der Waals surface area contributed by atoms with Crippen LogP contribution in [-0.2, 0) is 4.74 Å². The molecular weight excluding hydrogens is 256 g/mol. The molecule has 0 amide bonds. The van der Waals surface area contributed by atoms with Crippen LogP contribution >= 0.6 is 0 Å². The number of benzene rings is 1. The summed E-state index contributed by atoms with van der Waals surface area (Å²) in [6.07, 6.45) is 0.589. The summed E-state index contributed by atoms with van der Waals surface area (Å²) in [5.74, 6) is 3.46. The van der Waals surface area contributed by atoms with Gasteiger partial charge in [0.05, 0.1) is 12.7 Å². The zero-order valence-electron chi connectivity index (χ0n) is 11.9. The average molecular weight is 276 g/mol. The molecule has 0 fully saturated rings. The highest BCUT2D eigenvalue weighted by molar-refractivity contribution is 6.83. The van der Waals surface area contributed by atoms with Gasteiger partial charge in [-0.2, -0.15) is 0 Å². The van der Waals surface area contributed by atoms with Crippen molar-refractivity contribution >= 4 is 14.0 Å². The lowest BCUT2D eigenvalue weighted by molar-refractivity contribution is 0.0513. The normalized spacial score (nSPS) is 10.3. The van der Waals surface area contributed by atoms with Gasteiger partial charge in [-0.1, -0.05) is 19.6 Å². The summed E-state index contributed by atoms with van der Waals surface area (Å²) in [5.41, 5.74) is 3.76. The maximum atomic E-state index is 11.7. The van der Waals surface area contributed by atoms with E-state index in [1.54, 1.807) is 31.4 Å². The highest BCUT2D eigenvalue weighted by Gasteiger charge is 2.08. The molecule has 0 spiro atoms. The molecule has 0 bridgehead atoms. The Labute approximate surface area is 115 Å². The third kappa shape index (κ3) is 6.12. The van der Waals surface area contributed by atoms with Gasteiger partial charge in [0, 0.05) is 6.42 Å². The summed E-state index contributed by atoms with van der Waals surface area (Å²) in [6, 6.07) is 6.85. The monoisotopic (exact) mass is 276 g/mol. The van der Waals surface area contributed by atoms with Crippen molar-refractivity contribution in [3.05, 3.63) is 29.8 Å². The summed E-state index contributed by atoms with van der Waals surface area (Å²) < 4.78 is 10.2. The smallest absolute Gasteiger partial charge is 0.338 e. The fourth-order valence-corrected chi connectivity index (χ4v) is 1.99. The van der Waals surface area contributed by atoms with Crippen molar-refractivity contribution in [1.82, 2.24) is 0 Å². The Morgan fingerprint density at radius 1 is 1.21 bits per heavy atom. The fraction of sp³-hybridized carbons (Fsp3) is 0.400. The number of carbonyl (C=O) groups excluding carboxylic acids is 1.